The van der Waals surface area contributed by atoms with Crippen molar-refractivity contribution >= 4 is 5.95 Å². The Bertz CT molecular complexity index is 973. The number of hydrogen-bond donors (Lipinski definition) is 2. The first-order valence-electron chi connectivity index (χ1n) is 10.4. The number of aromatic nitrogens is 3. The molecule has 2 bridgehead atoms. The third-order valence-electron chi connectivity index (χ3n) is 6.84. The van der Waals surface area contributed by atoms with E-state index in [-0.39, 0.29) is 36.2 Å². The third kappa shape index (κ3) is 3.46. The van der Waals surface area contributed by atoms with Gasteiger partial charge in [-0.25, -0.2) is 17.9 Å². The van der Waals surface area contributed by atoms with Gasteiger partial charge < -0.3 is 10.6 Å². The number of halogens is 6. The van der Waals surface area contributed by atoms with Crippen LogP contribution in [-0.2, 0) is 0 Å². The molecule has 11 heteroatoms. The van der Waals surface area contributed by atoms with E-state index in [1.54, 1.807) is 0 Å². The van der Waals surface area contributed by atoms with Crippen LogP contribution in [0.15, 0.2) is 12.1 Å². The minimum absolute atomic E-state index is 0.0495. The molecule has 5 nitrogen and oxygen atoms in total. The first-order chi connectivity index (χ1) is 14.7. The molecule has 3 unspecified atom stereocenters. The highest BCUT2D eigenvalue weighted by molar-refractivity contribution is 5.35. The minimum atomic E-state index is -4.56. The molecule has 1 aromatic carbocycles. The van der Waals surface area contributed by atoms with Gasteiger partial charge in [-0.3, -0.25) is 0 Å². The van der Waals surface area contributed by atoms with E-state index in [1.807, 2.05) is 0 Å². The lowest BCUT2D eigenvalue weighted by molar-refractivity contribution is -0.175. The van der Waals surface area contributed by atoms with Crippen LogP contribution in [0.2, 0.25) is 0 Å². The summed E-state index contributed by atoms with van der Waals surface area (Å²) in [5.41, 5.74) is -0.221. The number of rotatable bonds is 3. The first-order valence-corrected chi connectivity index (χ1v) is 10.4. The average Bonchev–Trinajstić information content (AvgIpc) is 3.21. The Morgan fingerprint density at radius 1 is 0.968 bits per heavy atom. The number of benzene rings is 1. The Balaban J connectivity index is 1.53. The van der Waals surface area contributed by atoms with Crippen molar-refractivity contribution in [2.75, 3.05) is 18.4 Å². The van der Waals surface area contributed by atoms with E-state index in [1.165, 1.54) is 0 Å². The molecule has 0 amide bonds. The summed E-state index contributed by atoms with van der Waals surface area (Å²) in [5, 5.41) is 10.6. The minimum Gasteiger partial charge on any atom is -0.350 e. The molecule has 1 aromatic heterocycles. The van der Waals surface area contributed by atoms with Crippen LogP contribution in [0.25, 0.3) is 0 Å². The number of nitrogens with one attached hydrogen (secondary N) is 2. The number of alkyl halides is 3. The number of fused-ring (bicyclic) bond motifs is 3. The summed E-state index contributed by atoms with van der Waals surface area (Å²) in [6.07, 6.45) is -3.01. The van der Waals surface area contributed by atoms with Crippen LogP contribution in [0.5, 0.6) is 0 Å². The fourth-order valence-corrected chi connectivity index (χ4v) is 5.32. The van der Waals surface area contributed by atoms with E-state index in [9.17, 15) is 26.3 Å². The fourth-order valence-electron chi connectivity index (χ4n) is 5.32. The maximum Gasteiger partial charge on any atom is 0.410 e. The molecular weight excluding hydrogens is 424 g/mol. The van der Waals surface area contributed by atoms with Crippen LogP contribution in [0.4, 0.5) is 32.3 Å². The number of nitrogens with zero attached hydrogens (tertiary/aromatic N) is 3. The summed E-state index contributed by atoms with van der Waals surface area (Å²) in [5.74, 6) is -4.74. The van der Waals surface area contributed by atoms with Crippen molar-refractivity contribution in [3.63, 3.8) is 0 Å². The average molecular weight is 445 g/mol. The molecule has 3 heterocycles. The Hall–Kier alpha value is -2.30. The highest BCUT2D eigenvalue weighted by atomic mass is 19.4. The van der Waals surface area contributed by atoms with Gasteiger partial charge in [0.05, 0.1) is 0 Å². The molecule has 2 aromatic rings. The van der Waals surface area contributed by atoms with Gasteiger partial charge in [0, 0.05) is 17.5 Å². The summed E-state index contributed by atoms with van der Waals surface area (Å²) >= 11 is 0. The number of piperidine rings is 1. The maximum atomic E-state index is 14.4. The van der Waals surface area contributed by atoms with Crippen LogP contribution in [0.1, 0.15) is 49.0 Å². The van der Waals surface area contributed by atoms with Gasteiger partial charge in [0.1, 0.15) is 11.9 Å². The molecule has 0 spiro atoms. The summed E-state index contributed by atoms with van der Waals surface area (Å²) in [4.78, 5) is 4.29. The fraction of sp³-hybridized carbons (Fsp3) is 0.600. The first kappa shape index (κ1) is 20.6. The molecular formula is C20H21F6N5. The van der Waals surface area contributed by atoms with Gasteiger partial charge in [-0.15, -0.1) is 5.10 Å². The van der Waals surface area contributed by atoms with Gasteiger partial charge in [-0.05, 0) is 56.7 Å². The van der Waals surface area contributed by atoms with Gasteiger partial charge >= 0.3 is 6.18 Å². The monoisotopic (exact) mass is 445 g/mol. The Kier molecular flexibility index (Phi) is 4.91. The van der Waals surface area contributed by atoms with Crippen LogP contribution >= 0.6 is 0 Å². The molecule has 1 saturated carbocycles. The lowest BCUT2D eigenvalue weighted by atomic mass is 9.88. The van der Waals surface area contributed by atoms with Gasteiger partial charge in [0.25, 0.3) is 0 Å². The summed E-state index contributed by atoms with van der Waals surface area (Å²) in [6, 6.07) is -0.0184. The van der Waals surface area contributed by atoms with Gasteiger partial charge in [-0.2, -0.15) is 18.2 Å². The van der Waals surface area contributed by atoms with Crippen molar-refractivity contribution in [2.24, 2.45) is 11.8 Å². The van der Waals surface area contributed by atoms with Gasteiger partial charge in [-0.1, -0.05) is 6.07 Å². The Labute approximate surface area is 174 Å². The van der Waals surface area contributed by atoms with Crippen molar-refractivity contribution < 1.29 is 26.3 Å². The molecule has 31 heavy (non-hydrogen) atoms. The van der Waals surface area contributed by atoms with Crippen molar-refractivity contribution in [3.8, 4) is 0 Å². The highest BCUT2D eigenvalue weighted by Gasteiger charge is 2.48. The molecule has 5 rings (SSSR count). The second kappa shape index (κ2) is 7.39. The lowest BCUT2D eigenvalue weighted by Gasteiger charge is -2.31. The Morgan fingerprint density at radius 3 is 2.35 bits per heavy atom. The van der Waals surface area contributed by atoms with Crippen molar-refractivity contribution in [2.45, 2.75) is 49.9 Å². The molecule has 2 N–H and O–H groups in total. The number of anilines is 1. The molecule has 1 saturated heterocycles. The van der Waals surface area contributed by atoms with Crippen LogP contribution in [-0.4, -0.2) is 40.1 Å². The molecule has 2 aliphatic heterocycles. The molecule has 5 atom stereocenters. The zero-order valence-corrected chi connectivity index (χ0v) is 16.4. The van der Waals surface area contributed by atoms with Crippen LogP contribution < -0.4 is 10.6 Å². The smallest absolute Gasteiger partial charge is 0.350 e. The zero-order chi connectivity index (χ0) is 21.9. The maximum absolute atomic E-state index is 14.4. The lowest BCUT2D eigenvalue weighted by Crippen LogP contribution is -2.45. The van der Waals surface area contributed by atoms with Crippen LogP contribution in [0.3, 0.4) is 0 Å². The van der Waals surface area contributed by atoms with E-state index in [4.69, 9.17) is 0 Å². The van der Waals surface area contributed by atoms with E-state index in [2.05, 4.69) is 20.7 Å². The third-order valence-corrected chi connectivity index (χ3v) is 6.84. The topological polar surface area (TPSA) is 54.8 Å². The van der Waals surface area contributed by atoms with E-state index in [0.29, 0.717) is 11.8 Å². The van der Waals surface area contributed by atoms with Crippen molar-refractivity contribution in [1.29, 1.82) is 0 Å². The summed E-state index contributed by atoms with van der Waals surface area (Å²) in [6.45, 7) is 1.63. The second-order valence-corrected chi connectivity index (χ2v) is 8.62. The van der Waals surface area contributed by atoms with Gasteiger partial charge in [0.2, 0.25) is 5.95 Å². The van der Waals surface area contributed by atoms with Gasteiger partial charge in [0.15, 0.2) is 17.5 Å². The predicted octanol–water partition coefficient (Wildman–Crippen LogP) is 4.13. The highest BCUT2D eigenvalue weighted by Crippen LogP contribution is 2.45. The number of hydrogen-bond acceptors (Lipinski definition) is 4. The van der Waals surface area contributed by atoms with Crippen LogP contribution in [0, 0.1) is 29.3 Å². The normalized spacial score (nSPS) is 30.3. The quantitative estimate of drug-likeness (QED) is 0.551. The molecule has 3 aliphatic rings. The van der Waals surface area contributed by atoms with E-state index < -0.39 is 35.6 Å². The van der Waals surface area contributed by atoms with E-state index >= 15 is 0 Å². The Morgan fingerprint density at radius 2 is 1.68 bits per heavy atom. The molecule has 2 fully saturated rings. The molecule has 0 radical (unpaired) electrons. The van der Waals surface area contributed by atoms with Crippen molar-refractivity contribution in [3.05, 3.63) is 41.0 Å². The zero-order valence-electron chi connectivity index (χ0n) is 16.4. The molecule has 168 valence electrons. The standard InChI is InChI=1S/C20H21F6N5/c21-13-5-3-11(15(22)16(13)23)12-4-6-14(20(24,25)26)31-18(12)29-19(30-31)28-17-9-1-2-10(17)8-27-7-9/h3,5,9-10,12,14,17,27H,1-2,4,6-8H2,(H,28,30)/t9-,10+,12?,14?,17?. The van der Waals surface area contributed by atoms with E-state index in [0.717, 1.165) is 42.7 Å². The second-order valence-electron chi connectivity index (χ2n) is 8.62. The largest absolute Gasteiger partial charge is 0.410 e. The predicted molar refractivity (Wildman–Crippen MR) is 99.0 cm³/mol. The van der Waals surface area contributed by atoms with Crippen molar-refractivity contribution in [1.82, 2.24) is 20.1 Å². The SMILES string of the molecule is Fc1ccc(C2CCC(C(F)(F)F)n3nc(NC4[C@@H]5CC[C@H]4CNC5)nc32)c(F)c1F. The summed E-state index contributed by atoms with van der Waals surface area (Å²) in [7, 11) is 0. The molecule has 1 aliphatic carbocycles. The summed E-state index contributed by atoms with van der Waals surface area (Å²) < 4.78 is 83.3.